The highest BCUT2D eigenvalue weighted by atomic mass is 16.2. The molecule has 0 unspecified atom stereocenters. The van der Waals surface area contributed by atoms with Crippen LogP contribution in [0.3, 0.4) is 0 Å². The predicted octanol–water partition coefficient (Wildman–Crippen LogP) is 3.91. The molecule has 2 N–H and O–H groups in total. The molecule has 3 heterocycles. The van der Waals surface area contributed by atoms with Gasteiger partial charge in [0, 0.05) is 29.2 Å². The van der Waals surface area contributed by atoms with Crippen LogP contribution < -0.4 is 10.6 Å². The first-order valence-electron chi connectivity index (χ1n) is 8.18. The van der Waals surface area contributed by atoms with Crippen molar-refractivity contribution < 1.29 is 4.79 Å². The predicted molar refractivity (Wildman–Crippen MR) is 102 cm³/mol. The van der Waals surface area contributed by atoms with E-state index in [1.165, 1.54) is 0 Å². The third-order valence-corrected chi connectivity index (χ3v) is 4.06. The lowest BCUT2D eigenvalue weighted by atomic mass is 10.1. The van der Waals surface area contributed by atoms with Gasteiger partial charge >= 0.3 is 6.03 Å². The molecule has 3 aromatic heterocycles. The van der Waals surface area contributed by atoms with E-state index >= 15 is 0 Å². The van der Waals surface area contributed by atoms with E-state index in [1.807, 2.05) is 30.3 Å². The van der Waals surface area contributed by atoms with E-state index in [-0.39, 0.29) is 0 Å². The lowest BCUT2D eigenvalue weighted by Crippen LogP contribution is -2.21. The summed E-state index contributed by atoms with van der Waals surface area (Å²) >= 11 is 0. The lowest BCUT2D eigenvalue weighted by Gasteiger charge is -2.14. The summed E-state index contributed by atoms with van der Waals surface area (Å²) in [5.41, 5.74) is 3.68. The van der Waals surface area contributed by atoms with Crippen molar-refractivity contribution in [2.75, 3.05) is 10.6 Å². The fraction of sp³-hybridized carbons (Fsp3) is 0. The highest BCUT2D eigenvalue weighted by Gasteiger charge is 2.13. The zero-order valence-electron chi connectivity index (χ0n) is 14.1. The molecule has 0 spiro atoms. The van der Waals surface area contributed by atoms with Gasteiger partial charge in [0.25, 0.3) is 0 Å². The molecular weight excluding hydrogens is 340 g/mol. The van der Waals surface area contributed by atoms with Gasteiger partial charge in [-0.25, -0.2) is 9.78 Å². The van der Waals surface area contributed by atoms with E-state index < -0.39 is 6.03 Å². The van der Waals surface area contributed by atoms with Gasteiger partial charge < -0.3 is 5.32 Å². The minimum absolute atomic E-state index is 0.397. The molecule has 0 bridgehead atoms. The number of rotatable bonds is 3. The topological polar surface area (TPSA) is 95.1 Å². The molecule has 0 aliphatic carbocycles. The molecule has 0 atom stereocenters. The molecule has 4 rings (SSSR count). The maximum Gasteiger partial charge on any atom is 0.324 e. The second kappa shape index (κ2) is 6.98. The van der Waals surface area contributed by atoms with Gasteiger partial charge in [-0.05, 0) is 42.5 Å². The number of benzene rings is 1. The van der Waals surface area contributed by atoms with Crippen molar-refractivity contribution in [1.29, 1.82) is 5.26 Å². The maximum absolute atomic E-state index is 12.5. The van der Waals surface area contributed by atoms with Crippen molar-refractivity contribution in [3.63, 3.8) is 0 Å². The SMILES string of the molecule is N#Cc1ccc(NC(=O)Nc2c(-c3cccnc3)ccc3cncn23)cc1. The number of carbonyl (C=O) groups excluding carboxylic acids is 1. The average Bonchev–Trinajstić information content (AvgIpc) is 3.19. The fourth-order valence-electron chi connectivity index (χ4n) is 2.77. The summed E-state index contributed by atoms with van der Waals surface area (Å²) < 4.78 is 1.81. The number of amides is 2. The van der Waals surface area contributed by atoms with E-state index in [0.29, 0.717) is 17.1 Å². The van der Waals surface area contributed by atoms with E-state index in [0.717, 1.165) is 16.6 Å². The Kier molecular flexibility index (Phi) is 4.21. The number of carbonyl (C=O) groups is 1. The highest BCUT2D eigenvalue weighted by Crippen LogP contribution is 2.28. The van der Waals surface area contributed by atoms with Gasteiger partial charge in [0.2, 0.25) is 0 Å². The summed E-state index contributed by atoms with van der Waals surface area (Å²) in [7, 11) is 0. The van der Waals surface area contributed by atoms with Crippen LogP contribution in [0.5, 0.6) is 0 Å². The van der Waals surface area contributed by atoms with Crippen LogP contribution in [0, 0.1) is 11.3 Å². The number of pyridine rings is 2. The van der Waals surface area contributed by atoms with Crippen molar-refractivity contribution in [3.8, 4) is 17.2 Å². The largest absolute Gasteiger partial charge is 0.324 e. The van der Waals surface area contributed by atoms with E-state index in [1.54, 1.807) is 53.6 Å². The van der Waals surface area contributed by atoms with Crippen LogP contribution in [-0.2, 0) is 0 Å². The summed E-state index contributed by atoms with van der Waals surface area (Å²) in [6.45, 7) is 0. The van der Waals surface area contributed by atoms with Gasteiger partial charge in [-0.3, -0.25) is 14.7 Å². The normalized spacial score (nSPS) is 10.3. The lowest BCUT2D eigenvalue weighted by molar-refractivity contribution is 0.262. The van der Waals surface area contributed by atoms with Crippen molar-refractivity contribution in [3.05, 3.63) is 79.0 Å². The minimum Gasteiger partial charge on any atom is -0.308 e. The number of nitrogens with zero attached hydrogens (tertiary/aromatic N) is 4. The number of nitrogens with one attached hydrogen (secondary N) is 2. The van der Waals surface area contributed by atoms with Crippen LogP contribution in [-0.4, -0.2) is 20.4 Å². The highest BCUT2D eigenvalue weighted by molar-refractivity contribution is 6.02. The van der Waals surface area contributed by atoms with Gasteiger partial charge in [0.1, 0.15) is 12.1 Å². The fourth-order valence-corrected chi connectivity index (χ4v) is 2.77. The quantitative estimate of drug-likeness (QED) is 0.583. The Morgan fingerprint density at radius 3 is 2.59 bits per heavy atom. The molecule has 2 amide bonds. The van der Waals surface area contributed by atoms with Crippen molar-refractivity contribution in [1.82, 2.24) is 14.4 Å². The summed E-state index contributed by atoms with van der Waals surface area (Å²) in [6, 6.07) is 15.9. The Balaban J connectivity index is 1.66. The first kappa shape index (κ1) is 16.3. The number of urea groups is 1. The van der Waals surface area contributed by atoms with Gasteiger partial charge in [-0.2, -0.15) is 5.26 Å². The molecule has 27 heavy (non-hydrogen) atoms. The molecule has 130 valence electrons. The molecule has 7 nitrogen and oxygen atoms in total. The second-order valence-corrected chi connectivity index (χ2v) is 5.79. The number of hydrogen-bond donors (Lipinski definition) is 2. The van der Waals surface area contributed by atoms with Crippen molar-refractivity contribution in [2.45, 2.75) is 0 Å². The second-order valence-electron chi connectivity index (χ2n) is 5.79. The Hall–Kier alpha value is -4.18. The molecule has 0 radical (unpaired) electrons. The summed E-state index contributed by atoms with van der Waals surface area (Å²) in [4.78, 5) is 20.9. The zero-order valence-corrected chi connectivity index (χ0v) is 14.1. The maximum atomic E-state index is 12.5. The third kappa shape index (κ3) is 3.32. The molecule has 0 fully saturated rings. The first-order chi connectivity index (χ1) is 13.2. The van der Waals surface area contributed by atoms with Crippen LogP contribution in [0.15, 0.2) is 73.4 Å². The molecule has 0 aliphatic heterocycles. The van der Waals surface area contributed by atoms with Gasteiger partial charge in [-0.15, -0.1) is 0 Å². The van der Waals surface area contributed by atoms with Crippen LogP contribution >= 0.6 is 0 Å². The van der Waals surface area contributed by atoms with Crippen LogP contribution in [0.4, 0.5) is 16.3 Å². The molecular formula is C20H14N6O. The number of hydrogen-bond acceptors (Lipinski definition) is 4. The van der Waals surface area contributed by atoms with Gasteiger partial charge in [0.05, 0.1) is 23.3 Å². The first-order valence-corrected chi connectivity index (χ1v) is 8.18. The number of fused-ring (bicyclic) bond motifs is 1. The Labute approximate surface area is 154 Å². The standard InChI is InChI=1S/C20H14N6O/c21-10-14-3-5-16(6-4-14)24-20(27)25-19-18(15-2-1-9-22-11-15)8-7-17-12-23-13-26(17)19/h1-9,11-13H,(H2,24,25,27). The van der Waals surface area contributed by atoms with Gasteiger partial charge in [0.15, 0.2) is 0 Å². The molecule has 4 aromatic rings. The minimum atomic E-state index is -0.397. The van der Waals surface area contributed by atoms with Crippen molar-refractivity contribution in [2.24, 2.45) is 0 Å². The van der Waals surface area contributed by atoms with E-state index in [4.69, 9.17) is 5.26 Å². The van der Waals surface area contributed by atoms with Gasteiger partial charge in [-0.1, -0.05) is 6.07 Å². The van der Waals surface area contributed by atoms with Crippen LogP contribution in [0.1, 0.15) is 5.56 Å². The Morgan fingerprint density at radius 2 is 1.85 bits per heavy atom. The number of aromatic nitrogens is 3. The number of imidazole rings is 1. The summed E-state index contributed by atoms with van der Waals surface area (Å²) in [5.74, 6) is 0.587. The monoisotopic (exact) mass is 354 g/mol. The summed E-state index contributed by atoms with van der Waals surface area (Å²) in [5, 5.41) is 14.5. The third-order valence-electron chi connectivity index (χ3n) is 4.06. The van der Waals surface area contributed by atoms with Crippen LogP contribution in [0.25, 0.3) is 16.6 Å². The molecule has 7 heteroatoms. The van der Waals surface area contributed by atoms with Crippen molar-refractivity contribution >= 4 is 23.1 Å². The van der Waals surface area contributed by atoms with Crippen LogP contribution in [0.2, 0.25) is 0 Å². The molecule has 0 saturated heterocycles. The Morgan fingerprint density at radius 1 is 1.00 bits per heavy atom. The molecule has 1 aromatic carbocycles. The van der Waals surface area contributed by atoms with E-state index in [9.17, 15) is 4.79 Å². The smallest absolute Gasteiger partial charge is 0.308 e. The zero-order chi connectivity index (χ0) is 18.6. The molecule has 0 aliphatic rings. The number of nitriles is 1. The average molecular weight is 354 g/mol. The number of anilines is 2. The Bertz CT molecular complexity index is 1140. The van der Waals surface area contributed by atoms with E-state index in [2.05, 4.69) is 20.6 Å². The molecule has 0 saturated carbocycles. The summed E-state index contributed by atoms with van der Waals surface area (Å²) in [6.07, 6.45) is 6.80.